The molecular weight excluding hydrogens is 368 g/mol. The summed E-state index contributed by atoms with van der Waals surface area (Å²) in [5.41, 5.74) is 0. The van der Waals surface area contributed by atoms with Gasteiger partial charge >= 0.3 is 8.80 Å². The molecule has 4 atom stereocenters. The van der Waals surface area contributed by atoms with Gasteiger partial charge in [0, 0.05) is 35.9 Å². The maximum atomic E-state index is 5.94. The van der Waals surface area contributed by atoms with Crippen molar-refractivity contribution in [2.24, 2.45) is 11.8 Å². The molecule has 6 heteroatoms. The minimum absolute atomic E-state index is 0.662. The van der Waals surface area contributed by atoms with Gasteiger partial charge in [0.05, 0.1) is 0 Å². The molecule has 2 fully saturated rings. The predicted octanol–water partition coefficient (Wildman–Crippen LogP) is 5.47. The Balaban J connectivity index is 1.64. The van der Waals surface area contributed by atoms with E-state index in [2.05, 4.69) is 37.4 Å². The summed E-state index contributed by atoms with van der Waals surface area (Å²) < 4.78 is 18.5. The molecule has 2 rings (SSSR count). The van der Waals surface area contributed by atoms with Gasteiger partial charge in [-0.1, -0.05) is 6.92 Å². The van der Waals surface area contributed by atoms with Crippen molar-refractivity contribution in [3.05, 3.63) is 0 Å². The predicted molar refractivity (Wildman–Crippen MR) is 114 cm³/mol. The summed E-state index contributed by atoms with van der Waals surface area (Å²) in [7, 11) is -2.43. The fourth-order valence-corrected chi connectivity index (χ4v) is 9.39. The Labute approximate surface area is 165 Å². The van der Waals surface area contributed by atoms with E-state index in [9.17, 15) is 0 Å². The maximum Gasteiger partial charge on any atom is 0.500 e. The smallest absolute Gasteiger partial charge is 0.374 e. The van der Waals surface area contributed by atoms with Gasteiger partial charge in [-0.3, -0.25) is 0 Å². The van der Waals surface area contributed by atoms with E-state index in [1.807, 2.05) is 20.8 Å². The van der Waals surface area contributed by atoms with E-state index in [1.165, 1.54) is 30.8 Å². The second-order valence-electron chi connectivity index (χ2n) is 7.59. The molecule has 0 aromatic rings. The average molecular weight is 407 g/mol. The van der Waals surface area contributed by atoms with E-state index in [-0.39, 0.29) is 0 Å². The lowest BCUT2D eigenvalue weighted by molar-refractivity contribution is 0.0712. The van der Waals surface area contributed by atoms with Gasteiger partial charge in [-0.2, -0.15) is 11.8 Å². The molecule has 1 saturated heterocycles. The fourth-order valence-electron chi connectivity index (χ4n) is 3.99. The Morgan fingerprint density at radius 1 is 1.16 bits per heavy atom. The lowest BCUT2D eigenvalue weighted by Gasteiger charge is -2.29. The molecule has 25 heavy (non-hydrogen) atoms. The molecule has 2 aliphatic rings. The summed E-state index contributed by atoms with van der Waals surface area (Å²) >= 11 is 4.34. The van der Waals surface area contributed by atoms with E-state index in [1.54, 1.807) is 0 Å². The van der Waals surface area contributed by atoms with Crippen molar-refractivity contribution in [3.63, 3.8) is 0 Å². The molecule has 1 aliphatic heterocycles. The molecule has 0 aromatic carbocycles. The van der Waals surface area contributed by atoms with Crippen molar-refractivity contribution in [1.29, 1.82) is 0 Å². The van der Waals surface area contributed by atoms with Crippen LogP contribution in [0, 0.1) is 11.8 Å². The lowest BCUT2D eigenvalue weighted by Crippen LogP contribution is -2.46. The quantitative estimate of drug-likeness (QED) is 0.230. The Kier molecular flexibility index (Phi) is 9.16. The summed E-state index contributed by atoms with van der Waals surface area (Å²) in [6.45, 7) is 13.1. The van der Waals surface area contributed by atoms with Crippen molar-refractivity contribution in [1.82, 2.24) is 0 Å². The average Bonchev–Trinajstić information content (AvgIpc) is 3.25. The van der Waals surface area contributed by atoms with Crippen LogP contribution in [0.5, 0.6) is 0 Å². The molecular formula is C19H38O3S2Si. The second kappa shape index (κ2) is 10.4. The van der Waals surface area contributed by atoms with Crippen LogP contribution in [-0.4, -0.2) is 50.1 Å². The molecule has 0 radical (unpaired) electrons. The molecule has 1 saturated carbocycles. The van der Waals surface area contributed by atoms with Crippen molar-refractivity contribution in [2.75, 3.05) is 31.3 Å². The SMILES string of the molecule is CCO[Si](CCCSCC(C)C1CCC2(C)SC2C1)(OCC)OCC. The van der Waals surface area contributed by atoms with Gasteiger partial charge in [0.15, 0.2) is 0 Å². The molecule has 0 aromatic heterocycles. The van der Waals surface area contributed by atoms with Crippen molar-refractivity contribution < 1.29 is 13.3 Å². The lowest BCUT2D eigenvalue weighted by atomic mass is 9.77. The summed E-state index contributed by atoms with van der Waals surface area (Å²) in [6, 6.07) is 0.949. The van der Waals surface area contributed by atoms with Crippen LogP contribution in [0.15, 0.2) is 0 Å². The molecule has 1 heterocycles. The normalized spacial score (nSPS) is 30.1. The zero-order chi connectivity index (χ0) is 18.3. The van der Waals surface area contributed by atoms with Gasteiger partial charge in [0.25, 0.3) is 0 Å². The fraction of sp³-hybridized carbons (Fsp3) is 1.00. The van der Waals surface area contributed by atoms with E-state index in [4.69, 9.17) is 13.3 Å². The molecule has 0 amide bonds. The monoisotopic (exact) mass is 406 g/mol. The Bertz CT molecular complexity index is 382. The Hall–Kier alpha value is 0.797. The number of rotatable bonds is 13. The molecule has 3 nitrogen and oxygen atoms in total. The van der Waals surface area contributed by atoms with E-state index in [0.717, 1.165) is 29.6 Å². The largest absolute Gasteiger partial charge is 0.500 e. The van der Waals surface area contributed by atoms with Gasteiger partial charge in [-0.05, 0) is 76.7 Å². The highest BCUT2D eigenvalue weighted by Crippen LogP contribution is 2.63. The first-order valence-corrected chi connectivity index (χ1v) is 14.1. The van der Waals surface area contributed by atoms with Gasteiger partial charge in [0.2, 0.25) is 0 Å². The topological polar surface area (TPSA) is 27.7 Å². The molecule has 0 bridgehead atoms. The zero-order valence-corrected chi connectivity index (χ0v) is 19.5. The molecule has 148 valence electrons. The highest BCUT2D eigenvalue weighted by Gasteiger charge is 2.54. The Morgan fingerprint density at radius 2 is 1.80 bits per heavy atom. The third-order valence-corrected chi connectivity index (χ3v) is 11.9. The molecule has 4 unspecified atom stereocenters. The first-order valence-electron chi connectivity index (χ1n) is 10.2. The van der Waals surface area contributed by atoms with Crippen LogP contribution in [0.3, 0.4) is 0 Å². The number of fused-ring (bicyclic) bond motifs is 1. The second-order valence-corrected chi connectivity index (χ2v) is 13.2. The third kappa shape index (κ3) is 6.42. The van der Waals surface area contributed by atoms with Crippen LogP contribution in [-0.2, 0) is 13.3 Å². The third-order valence-electron chi connectivity index (χ3n) is 5.61. The maximum absolute atomic E-state index is 5.94. The van der Waals surface area contributed by atoms with Gasteiger partial charge < -0.3 is 13.3 Å². The summed E-state index contributed by atoms with van der Waals surface area (Å²) in [4.78, 5) is 0. The van der Waals surface area contributed by atoms with Crippen LogP contribution in [0.1, 0.15) is 60.3 Å². The standard InChI is InChI=1S/C19H38O3S2Si/c1-6-20-25(21-7-2,22-8-3)13-9-12-23-15-16(4)17-10-11-19(5)18(14-17)24-19/h16-18H,6-15H2,1-5H3. The van der Waals surface area contributed by atoms with Crippen LogP contribution in [0.4, 0.5) is 0 Å². The number of thioether (sulfide) groups is 2. The minimum Gasteiger partial charge on any atom is -0.374 e. The summed E-state index contributed by atoms with van der Waals surface area (Å²) in [6.07, 6.45) is 5.47. The van der Waals surface area contributed by atoms with Crippen LogP contribution < -0.4 is 0 Å². The van der Waals surface area contributed by atoms with Gasteiger partial charge in [0.1, 0.15) is 0 Å². The highest BCUT2D eigenvalue weighted by molar-refractivity contribution is 8.08. The van der Waals surface area contributed by atoms with E-state index >= 15 is 0 Å². The summed E-state index contributed by atoms with van der Waals surface area (Å²) in [5, 5.41) is 0.967. The number of hydrogen-bond donors (Lipinski definition) is 0. The molecule has 0 N–H and O–H groups in total. The van der Waals surface area contributed by atoms with E-state index in [0.29, 0.717) is 24.6 Å². The highest BCUT2D eigenvalue weighted by atomic mass is 32.2. The Morgan fingerprint density at radius 3 is 2.36 bits per heavy atom. The first kappa shape index (κ1) is 22.1. The van der Waals surface area contributed by atoms with E-state index < -0.39 is 8.80 Å². The van der Waals surface area contributed by atoms with Crippen LogP contribution >= 0.6 is 23.5 Å². The molecule has 1 aliphatic carbocycles. The van der Waals surface area contributed by atoms with Gasteiger partial charge in [-0.25, -0.2) is 0 Å². The van der Waals surface area contributed by atoms with Crippen LogP contribution in [0.2, 0.25) is 6.04 Å². The molecule has 0 spiro atoms. The van der Waals surface area contributed by atoms with Crippen molar-refractivity contribution >= 4 is 32.3 Å². The summed E-state index contributed by atoms with van der Waals surface area (Å²) in [5.74, 6) is 4.29. The van der Waals surface area contributed by atoms with Gasteiger partial charge in [-0.15, -0.1) is 11.8 Å². The number of hydrogen-bond acceptors (Lipinski definition) is 5. The minimum atomic E-state index is -2.43. The first-order chi connectivity index (χ1) is 12.0. The van der Waals surface area contributed by atoms with Crippen LogP contribution in [0.25, 0.3) is 0 Å². The van der Waals surface area contributed by atoms with Crippen molar-refractivity contribution in [3.8, 4) is 0 Å². The van der Waals surface area contributed by atoms with Crippen molar-refractivity contribution in [2.45, 2.75) is 76.3 Å². The zero-order valence-electron chi connectivity index (χ0n) is 16.8.